The molecule has 3 aromatic rings. The van der Waals surface area contributed by atoms with E-state index in [0.717, 1.165) is 23.1 Å². The van der Waals surface area contributed by atoms with Crippen molar-refractivity contribution >= 4 is 11.2 Å². The molecule has 0 saturated heterocycles. The van der Waals surface area contributed by atoms with Crippen molar-refractivity contribution in [1.29, 1.82) is 0 Å². The summed E-state index contributed by atoms with van der Waals surface area (Å²) in [6.07, 6.45) is 1.46. The highest BCUT2D eigenvalue weighted by atomic mass is 16.3. The van der Waals surface area contributed by atoms with E-state index in [9.17, 15) is 14.7 Å². The third-order valence-electron chi connectivity index (χ3n) is 4.52. The Morgan fingerprint density at radius 2 is 1.62 bits per heavy atom. The van der Waals surface area contributed by atoms with Gasteiger partial charge in [-0.2, -0.15) is 0 Å². The van der Waals surface area contributed by atoms with Gasteiger partial charge in [0.15, 0.2) is 5.65 Å². The summed E-state index contributed by atoms with van der Waals surface area (Å²) >= 11 is 0. The second-order valence-corrected chi connectivity index (χ2v) is 6.63. The Kier molecular flexibility index (Phi) is 4.71. The Balaban J connectivity index is 2.32. The fourth-order valence-corrected chi connectivity index (χ4v) is 3.24. The number of phenolic OH excluding ortho intramolecular Hbond substituents is 1. The Hall–Kier alpha value is -2.83. The number of hydrogen-bond acceptors (Lipinski definition) is 4. The summed E-state index contributed by atoms with van der Waals surface area (Å²) in [4.78, 5) is 33.1. The zero-order valence-electron chi connectivity index (χ0n) is 15.6. The molecular weight excluding hydrogens is 332 g/mol. The molecular formula is C19H24N4O3. The SMILES string of the molecule is CCCn1c(=O)c2[nH]c(-c3cc(C)c(O)c(C)c3)nc2n(CCC)c1=O. The second kappa shape index (κ2) is 6.82. The van der Waals surface area contributed by atoms with Crippen molar-refractivity contribution in [3.8, 4) is 17.1 Å². The van der Waals surface area contributed by atoms with Crippen molar-refractivity contribution < 1.29 is 5.11 Å². The van der Waals surface area contributed by atoms with Crippen LogP contribution in [-0.4, -0.2) is 24.2 Å². The fourth-order valence-electron chi connectivity index (χ4n) is 3.24. The minimum absolute atomic E-state index is 0.248. The van der Waals surface area contributed by atoms with E-state index in [0.29, 0.717) is 36.5 Å². The third-order valence-corrected chi connectivity index (χ3v) is 4.52. The highest BCUT2D eigenvalue weighted by Gasteiger charge is 2.18. The molecule has 0 aliphatic carbocycles. The Morgan fingerprint density at radius 1 is 1.04 bits per heavy atom. The van der Waals surface area contributed by atoms with E-state index in [-0.39, 0.29) is 17.0 Å². The van der Waals surface area contributed by atoms with Crippen molar-refractivity contribution in [2.24, 2.45) is 0 Å². The lowest BCUT2D eigenvalue weighted by Gasteiger charge is -2.09. The normalized spacial score (nSPS) is 11.4. The van der Waals surface area contributed by atoms with Gasteiger partial charge in [0.1, 0.15) is 17.1 Å². The molecule has 138 valence electrons. The maximum atomic E-state index is 12.8. The van der Waals surface area contributed by atoms with Gasteiger partial charge in [0.05, 0.1) is 0 Å². The van der Waals surface area contributed by atoms with Crippen LogP contribution in [0.15, 0.2) is 21.7 Å². The molecule has 0 spiro atoms. The van der Waals surface area contributed by atoms with Crippen molar-refractivity contribution in [2.75, 3.05) is 0 Å². The number of H-pyrrole nitrogens is 1. The van der Waals surface area contributed by atoms with Gasteiger partial charge < -0.3 is 10.1 Å². The number of phenols is 1. The van der Waals surface area contributed by atoms with Gasteiger partial charge in [-0.1, -0.05) is 13.8 Å². The average molecular weight is 356 g/mol. The summed E-state index contributed by atoms with van der Waals surface area (Å²) in [7, 11) is 0. The average Bonchev–Trinajstić information content (AvgIpc) is 3.05. The number of benzene rings is 1. The molecule has 2 N–H and O–H groups in total. The Morgan fingerprint density at radius 3 is 2.19 bits per heavy atom. The van der Waals surface area contributed by atoms with Crippen LogP contribution in [0, 0.1) is 13.8 Å². The van der Waals surface area contributed by atoms with Gasteiger partial charge in [0, 0.05) is 18.7 Å². The minimum atomic E-state index is -0.342. The fraction of sp³-hybridized carbons (Fsp3) is 0.421. The number of aryl methyl sites for hydroxylation is 3. The van der Waals surface area contributed by atoms with Crippen LogP contribution in [0.5, 0.6) is 5.75 Å². The lowest BCUT2D eigenvalue weighted by atomic mass is 10.1. The zero-order chi connectivity index (χ0) is 19.0. The first-order valence-electron chi connectivity index (χ1n) is 8.92. The predicted molar refractivity (Wildman–Crippen MR) is 102 cm³/mol. The van der Waals surface area contributed by atoms with Crippen molar-refractivity contribution in [3.05, 3.63) is 44.1 Å². The smallest absolute Gasteiger partial charge is 0.332 e. The molecule has 2 heterocycles. The molecule has 0 radical (unpaired) electrons. The number of aromatic nitrogens is 4. The molecule has 3 rings (SSSR count). The largest absolute Gasteiger partial charge is 0.507 e. The quantitative estimate of drug-likeness (QED) is 0.735. The monoisotopic (exact) mass is 356 g/mol. The molecule has 0 amide bonds. The van der Waals surface area contributed by atoms with Crippen LogP contribution in [0.1, 0.15) is 37.8 Å². The summed E-state index contributed by atoms with van der Waals surface area (Å²) in [5.74, 6) is 0.764. The highest BCUT2D eigenvalue weighted by Crippen LogP contribution is 2.28. The summed E-state index contributed by atoms with van der Waals surface area (Å²) in [6.45, 7) is 8.42. The number of aromatic amines is 1. The first-order chi connectivity index (χ1) is 12.4. The van der Waals surface area contributed by atoms with Gasteiger partial charge in [-0.15, -0.1) is 0 Å². The maximum Gasteiger partial charge on any atom is 0.332 e. The van der Waals surface area contributed by atoms with Crippen LogP contribution in [0.2, 0.25) is 0 Å². The molecule has 7 nitrogen and oxygen atoms in total. The molecule has 0 aliphatic rings. The predicted octanol–water partition coefficient (Wildman–Crippen LogP) is 2.70. The molecule has 0 saturated carbocycles. The molecule has 0 atom stereocenters. The van der Waals surface area contributed by atoms with E-state index >= 15 is 0 Å². The van der Waals surface area contributed by atoms with Gasteiger partial charge in [-0.25, -0.2) is 9.78 Å². The molecule has 2 aromatic heterocycles. The molecule has 0 unspecified atom stereocenters. The topological polar surface area (TPSA) is 92.9 Å². The molecule has 26 heavy (non-hydrogen) atoms. The van der Waals surface area contributed by atoms with Crippen LogP contribution in [0.3, 0.4) is 0 Å². The van der Waals surface area contributed by atoms with Crippen LogP contribution in [-0.2, 0) is 13.1 Å². The number of rotatable bonds is 5. The summed E-state index contributed by atoms with van der Waals surface area (Å²) < 4.78 is 2.83. The van der Waals surface area contributed by atoms with Gasteiger partial charge >= 0.3 is 5.69 Å². The van der Waals surface area contributed by atoms with Crippen LogP contribution in [0.25, 0.3) is 22.6 Å². The molecule has 7 heteroatoms. The van der Waals surface area contributed by atoms with E-state index in [1.54, 1.807) is 4.57 Å². The third kappa shape index (κ3) is 2.83. The van der Waals surface area contributed by atoms with Gasteiger partial charge in [-0.05, 0) is 49.9 Å². The number of imidazole rings is 1. The van der Waals surface area contributed by atoms with E-state index in [4.69, 9.17) is 0 Å². The van der Waals surface area contributed by atoms with Crippen LogP contribution in [0.4, 0.5) is 0 Å². The highest BCUT2D eigenvalue weighted by molar-refractivity contribution is 5.76. The lowest BCUT2D eigenvalue weighted by Crippen LogP contribution is -2.40. The van der Waals surface area contributed by atoms with Gasteiger partial charge in [0.2, 0.25) is 0 Å². The molecule has 0 fully saturated rings. The van der Waals surface area contributed by atoms with E-state index in [1.165, 1.54) is 4.57 Å². The zero-order valence-corrected chi connectivity index (χ0v) is 15.6. The standard InChI is InChI=1S/C19H24N4O3/c1-5-7-22-17-14(18(25)23(8-6-2)19(22)26)20-16(21-17)13-9-11(3)15(24)12(4)10-13/h9-10,24H,5-8H2,1-4H3,(H,20,21). The first-order valence-corrected chi connectivity index (χ1v) is 8.92. The maximum absolute atomic E-state index is 12.8. The van der Waals surface area contributed by atoms with Crippen molar-refractivity contribution in [2.45, 2.75) is 53.6 Å². The van der Waals surface area contributed by atoms with Crippen LogP contribution < -0.4 is 11.2 Å². The second-order valence-electron chi connectivity index (χ2n) is 6.63. The first kappa shape index (κ1) is 18.0. The van der Waals surface area contributed by atoms with Gasteiger partial charge in [-0.3, -0.25) is 13.9 Å². The van der Waals surface area contributed by atoms with Crippen molar-refractivity contribution in [3.63, 3.8) is 0 Å². The number of nitrogens with zero attached hydrogens (tertiary/aromatic N) is 3. The van der Waals surface area contributed by atoms with Gasteiger partial charge in [0.25, 0.3) is 5.56 Å². The summed E-state index contributed by atoms with van der Waals surface area (Å²) in [5.41, 5.74) is 2.29. The minimum Gasteiger partial charge on any atom is -0.507 e. The van der Waals surface area contributed by atoms with Crippen LogP contribution >= 0.6 is 0 Å². The number of fused-ring (bicyclic) bond motifs is 1. The van der Waals surface area contributed by atoms with E-state index < -0.39 is 0 Å². The van der Waals surface area contributed by atoms with E-state index in [2.05, 4.69) is 9.97 Å². The number of hydrogen-bond donors (Lipinski definition) is 2. The lowest BCUT2D eigenvalue weighted by molar-refractivity contribution is 0.467. The molecule has 0 aliphatic heterocycles. The summed E-state index contributed by atoms with van der Waals surface area (Å²) in [5, 5.41) is 9.98. The number of aromatic hydroxyl groups is 1. The summed E-state index contributed by atoms with van der Waals surface area (Å²) in [6, 6.07) is 3.62. The Bertz CT molecular complexity index is 1070. The van der Waals surface area contributed by atoms with E-state index in [1.807, 2.05) is 39.8 Å². The van der Waals surface area contributed by atoms with Crippen molar-refractivity contribution in [1.82, 2.24) is 19.1 Å². The Labute approximate surface area is 150 Å². The molecule has 0 bridgehead atoms. The molecule has 1 aromatic carbocycles. The number of nitrogens with one attached hydrogen (secondary N) is 1.